The molecule has 2 amide bonds. The van der Waals surface area contributed by atoms with E-state index in [4.69, 9.17) is 9.47 Å². The van der Waals surface area contributed by atoms with Gasteiger partial charge in [0.2, 0.25) is 11.8 Å². The van der Waals surface area contributed by atoms with Crippen LogP contribution in [0.1, 0.15) is 36.8 Å². The van der Waals surface area contributed by atoms with Gasteiger partial charge in [0, 0.05) is 25.5 Å². The Kier molecular flexibility index (Phi) is 3.89. The molecular formula is C20H24N2O4. The van der Waals surface area contributed by atoms with Crippen LogP contribution in [0.3, 0.4) is 0 Å². The van der Waals surface area contributed by atoms with Gasteiger partial charge in [0.15, 0.2) is 0 Å². The van der Waals surface area contributed by atoms with Gasteiger partial charge in [-0.25, -0.2) is 0 Å². The molecule has 6 heteroatoms. The normalized spacial score (nSPS) is 29.2. The Bertz CT molecular complexity index is 745. The van der Waals surface area contributed by atoms with E-state index in [0.29, 0.717) is 32.1 Å². The smallest absolute Gasteiger partial charge is 0.243 e. The average Bonchev–Trinajstić information content (AvgIpc) is 3.02. The van der Waals surface area contributed by atoms with Crippen LogP contribution in [0.25, 0.3) is 0 Å². The first-order valence-electron chi connectivity index (χ1n) is 9.67. The summed E-state index contributed by atoms with van der Waals surface area (Å²) in [4.78, 5) is 27.6. The zero-order valence-corrected chi connectivity index (χ0v) is 14.8. The van der Waals surface area contributed by atoms with E-state index in [2.05, 4.69) is 11.4 Å². The second kappa shape index (κ2) is 6.27. The van der Waals surface area contributed by atoms with Crippen LogP contribution in [0, 0.1) is 0 Å². The minimum absolute atomic E-state index is 0.00215. The summed E-state index contributed by atoms with van der Waals surface area (Å²) in [5.74, 6) is 0.937. The summed E-state index contributed by atoms with van der Waals surface area (Å²) in [6.07, 6.45) is 4.76. The minimum atomic E-state index is -0.392. The lowest BCUT2D eigenvalue weighted by Gasteiger charge is -2.28. The van der Waals surface area contributed by atoms with Crippen molar-refractivity contribution in [1.82, 2.24) is 10.2 Å². The van der Waals surface area contributed by atoms with Crippen molar-refractivity contribution >= 4 is 11.8 Å². The molecule has 3 heterocycles. The predicted octanol–water partition coefficient (Wildman–Crippen LogP) is 1.20. The molecule has 1 saturated carbocycles. The first kappa shape index (κ1) is 16.1. The number of ether oxygens (including phenoxy) is 2. The lowest BCUT2D eigenvalue weighted by atomic mass is 10.0. The largest absolute Gasteiger partial charge is 0.493 e. The molecule has 1 aliphatic carbocycles. The quantitative estimate of drug-likeness (QED) is 0.880. The van der Waals surface area contributed by atoms with E-state index < -0.39 is 6.04 Å². The Morgan fingerprint density at radius 2 is 2.08 bits per heavy atom. The maximum Gasteiger partial charge on any atom is 0.243 e. The summed E-state index contributed by atoms with van der Waals surface area (Å²) < 4.78 is 11.3. The SMILES string of the molecule is O=C(NC1CC1)[C@@H]1C[C@@H]2OCC[C@@H]2N1C(=O)Cc1ccc2c(c1)CCO2. The number of rotatable bonds is 4. The molecule has 3 atom stereocenters. The fraction of sp³-hybridized carbons (Fsp3) is 0.600. The number of benzene rings is 1. The molecule has 138 valence electrons. The van der Waals surface area contributed by atoms with E-state index in [-0.39, 0.29) is 24.0 Å². The predicted molar refractivity (Wildman–Crippen MR) is 93.9 cm³/mol. The number of nitrogens with one attached hydrogen (secondary N) is 1. The fourth-order valence-corrected chi connectivity index (χ4v) is 4.48. The molecule has 2 saturated heterocycles. The van der Waals surface area contributed by atoms with Gasteiger partial charge >= 0.3 is 0 Å². The standard InChI is InChI=1S/C20H24N2O4/c23-19(10-12-1-4-17-13(9-12)5-7-25-17)22-15-6-8-26-18(15)11-16(22)20(24)21-14-2-3-14/h1,4,9,14-16,18H,2-3,5-8,10-11H2,(H,21,24)/t15-,16-,18-/m0/s1. The van der Waals surface area contributed by atoms with Crippen LogP contribution in [0.4, 0.5) is 0 Å². The highest BCUT2D eigenvalue weighted by atomic mass is 16.5. The van der Waals surface area contributed by atoms with Gasteiger partial charge in [-0.2, -0.15) is 0 Å². The summed E-state index contributed by atoms with van der Waals surface area (Å²) in [5.41, 5.74) is 2.16. The first-order valence-corrected chi connectivity index (χ1v) is 9.67. The first-order chi connectivity index (χ1) is 12.7. The average molecular weight is 356 g/mol. The molecule has 0 spiro atoms. The van der Waals surface area contributed by atoms with Crippen molar-refractivity contribution in [3.05, 3.63) is 29.3 Å². The summed E-state index contributed by atoms with van der Waals surface area (Å²) in [6.45, 7) is 1.38. The molecule has 1 N–H and O–H groups in total. The van der Waals surface area contributed by atoms with Gasteiger partial charge in [-0.15, -0.1) is 0 Å². The van der Waals surface area contributed by atoms with Crippen molar-refractivity contribution in [3.63, 3.8) is 0 Å². The minimum Gasteiger partial charge on any atom is -0.493 e. The number of carbonyl (C=O) groups is 2. The van der Waals surface area contributed by atoms with Gasteiger partial charge in [0.25, 0.3) is 0 Å². The summed E-state index contributed by atoms with van der Waals surface area (Å²) in [5, 5.41) is 3.06. The van der Waals surface area contributed by atoms with Crippen molar-refractivity contribution in [2.24, 2.45) is 0 Å². The van der Waals surface area contributed by atoms with Crippen LogP contribution in [0.2, 0.25) is 0 Å². The zero-order chi connectivity index (χ0) is 17.7. The van der Waals surface area contributed by atoms with Crippen molar-refractivity contribution in [2.45, 2.75) is 62.8 Å². The lowest BCUT2D eigenvalue weighted by Crippen LogP contribution is -2.50. The van der Waals surface area contributed by atoms with Gasteiger partial charge in [-0.3, -0.25) is 9.59 Å². The van der Waals surface area contributed by atoms with E-state index >= 15 is 0 Å². The molecule has 26 heavy (non-hydrogen) atoms. The van der Waals surface area contributed by atoms with Gasteiger partial charge < -0.3 is 19.7 Å². The highest BCUT2D eigenvalue weighted by Gasteiger charge is 2.50. The van der Waals surface area contributed by atoms with Crippen LogP contribution in [0.5, 0.6) is 5.75 Å². The number of nitrogens with zero attached hydrogens (tertiary/aromatic N) is 1. The second-order valence-electron chi connectivity index (χ2n) is 7.82. The summed E-state index contributed by atoms with van der Waals surface area (Å²) in [6, 6.07) is 5.93. The number of amides is 2. The molecule has 0 aromatic heterocycles. The van der Waals surface area contributed by atoms with Crippen molar-refractivity contribution < 1.29 is 19.1 Å². The Morgan fingerprint density at radius 1 is 1.19 bits per heavy atom. The van der Waals surface area contributed by atoms with E-state index in [1.807, 2.05) is 17.0 Å². The topological polar surface area (TPSA) is 67.9 Å². The summed E-state index contributed by atoms with van der Waals surface area (Å²) in [7, 11) is 0. The molecule has 0 bridgehead atoms. The Morgan fingerprint density at radius 3 is 2.92 bits per heavy atom. The zero-order valence-electron chi connectivity index (χ0n) is 14.8. The Balaban J connectivity index is 1.34. The second-order valence-corrected chi connectivity index (χ2v) is 7.82. The van der Waals surface area contributed by atoms with E-state index in [0.717, 1.165) is 37.0 Å². The molecule has 4 aliphatic rings. The molecule has 3 aliphatic heterocycles. The number of likely N-dealkylation sites (tertiary alicyclic amines) is 1. The third-order valence-corrected chi connectivity index (χ3v) is 5.95. The summed E-state index contributed by atoms with van der Waals surface area (Å²) >= 11 is 0. The number of fused-ring (bicyclic) bond motifs is 2. The van der Waals surface area contributed by atoms with Gasteiger partial charge in [0.1, 0.15) is 11.8 Å². The Labute approximate surface area is 152 Å². The molecular weight excluding hydrogens is 332 g/mol. The van der Waals surface area contributed by atoms with Crippen molar-refractivity contribution in [1.29, 1.82) is 0 Å². The van der Waals surface area contributed by atoms with Crippen LogP contribution >= 0.6 is 0 Å². The molecule has 0 unspecified atom stereocenters. The highest BCUT2D eigenvalue weighted by molar-refractivity contribution is 5.90. The Hall–Kier alpha value is -2.08. The maximum absolute atomic E-state index is 13.1. The molecule has 1 aromatic rings. The molecule has 0 radical (unpaired) electrons. The lowest BCUT2D eigenvalue weighted by molar-refractivity contribution is -0.140. The third kappa shape index (κ3) is 2.86. The van der Waals surface area contributed by atoms with Crippen LogP contribution in [-0.4, -0.2) is 54.2 Å². The fourth-order valence-electron chi connectivity index (χ4n) is 4.48. The molecule has 1 aromatic carbocycles. The van der Waals surface area contributed by atoms with Crippen molar-refractivity contribution in [2.75, 3.05) is 13.2 Å². The number of hydrogen-bond donors (Lipinski definition) is 1. The van der Waals surface area contributed by atoms with Gasteiger partial charge in [-0.05, 0) is 36.5 Å². The van der Waals surface area contributed by atoms with Crippen LogP contribution in [-0.2, 0) is 27.2 Å². The highest BCUT2D eigenvalue weighted by Crippen LogP contribution is 2.35. The molecule has 3 fully saturated rings. The number of carbonyl (C=O) groups excluding carboxylic acids is 2. The van der Waals surface area contributed by atoms with Gasteiger partial charge in [0.05, 0.1) is 25.2 Å². The van der Waals surface area contributed by atoms with E-state index in [1.54, 1.807) is 0 Å². The van der Waals surface area contributed by atoms with Crippen molar-refractivity contribution in [3.8, 4) is 5.75 Å². The van der Waals surface area contributed by atoms with Gasteiger partial charge in [-0.1, -0.05) is 12.1 Å². The van der Waals surface area contributed by atoms with E-state index in [9.17, 15) is 9.59 Å². The van der Waals surface area contributed by atoms with E-state index in [1.165, 1.54) is 5.56 Å². The van der Waals surface area contributed by atoms with Crippen LogP contribution in [0.15, 0.2) is 18.2 Å². The molecule has 6 nitrogen and oxygen atoms in total. The van der Waals surface area contributed by atoms with Crippen LogP contribution < -0.4 is 10.1 Å². The number of hydrogen-bond acceptors (Lipinski definition) is 4. The third-order valence-electron chi connectivity index (χ3n) is 5.95. The monoisotopic (exact) mass is 356 g/mol. The maximum atomic E-state index is 13.1. The molecule has 5 rings (SSSR count).